The molecular formula is C15H21N3O4. The molecule has 0 fully saturated rings. The molecule has 0 saturated heterocycles. The quantitative estimate of drug-likeness (QED) is 0.771. The minimum absolute atomic E-state index is 0.152. The van der Waals surface area contributed by atoms with Crippen molar-refractivity contribution in [2.24, 2.45) is 5.92 Å². The second-order valence-electron chi connectivity index (χ2n) is 5.58. The summed E-state index contributed by atoms with van der Waals surface area (Å²) in [4.78, 5) is 15.9. The predicted molar refractivity (Wildman–Crippen MR) is 78.8 cm³/mol. The highest BCUT2D eigenvalue weighted by Crippen LogP contribution is 2.16. The van der Waals surface area contributed by atoms with Crippen LogP contribution in [0.25, 0.3) is 11.6 Å². The smallest absolute Gasteiger partial charge is 0.238 e. The molecule has 0 radical (unpaired) electrons. The number of nitrogens with one attached hydrogen (secondary N) is 1. The number of aliphatic hydroxyl groups excluding tert-OH is 1. The lowest BCUT2D eigenvalue weighted by Crippen LogP contribution is -2.32. The zero-order valence-electron chi connectivity index (χ0n) is 12.8. The molecule has 1 unspecified atom stereocenters. The van der Waals surface area contributed by atoms with Crippen molar-refractivity contribution < 1.29 is 18.8 Å². The number of aromatic nitrogens is 2. The Labute approximate surface area is 128 Å². The summed E-state index contributed by atoms with van der Waals surface area (Å²) < 4.78 is 10.2. The van der Waals surface area contributed by atoms with Crippen molar-refractivity contribution in [1.82, 2.24) is 15.5 Å². The summed E-state index contributed by atoms with van der Waals surface area (Å²) in [6.45, 7) is 4.31. The Kier molecular flexibility index (Phi) is 5.71. The van der Waals surface area contributed by atoms with Gasteiger partial charge in [0.1, 0.15) is 0 Å². The molecule has 2 aromatic heterocycles. The SMILES string of the molecule is CC(C)CC(O)CNC(=O)CCc1nc(-c2ccco2)no1. The maximum atomic E-state index is 11.7. The van der Waals surface area contributed by atoms with E-state index in [1.54, 1.807) is 12.1 Å². The van der Waals surface area contributed by atoms with E-state index >= 15 is 0 Å². The van der Waals surface area contributed by atoms with Gasteiger partial charge in [0.25, 0.3) is 0 Å². The van der Waals surface area contributed by atoms with E-state index in [1.165, 1.54) is 6.26 Å². The van der Waals surface area contributed by atoms with Gasteiger partial charge in [0.15, 0.2) is 5.76 Å². The van der Waals surface area contributed by atoms with Crippen molar-refractivity contribution in [1.29, 1.82) is 0 Å². The van der Waals surface area contributed by atoms with Gasteiger partial charge in [0.05, 0.1) is 12.4 Å². The molecule has 1 atom stereocenters. The first-order valence-electron chi connectivity index (χ1n) is 7.36. The molecule has 2 rings (SSSR count). The van der Waals surface area contributed by atoms with Gasteiger partial charge in [-0.25, -0.2) is 0 Å². The molecule has 0 spiro atoms. The number of amides is 1. The Balaban J connectivity index is 1.72. The monoisotopic (exact) mass is 307 g/mol. The van der Waals surface area contributed by atoms with E-state index in [2.05, 4.69) is 15.5 Å². The van der Waals surface area contributed by atoms with Gasteiger partial charge in [-0.2, -0.15) is 4.98 Å². The first-order chi connectivity index (χ1) is 10.5. The molecule has 0 saturated carbocycles. The Morgan fingerprint density at radius 2 is 2.27 bits per heavy atom. The number of hydrogen-bond donors (Lipinski definition) is 2. The number of carbonyl (C=O) groups is 1. The number of hydrogen-bond acceptors (Lipinski definition) is 6. The van der Waals surface area contributed by atoms with Crippen molar-refractivity contribution in [3.63, 3.8) is 0 Å². The summed E-state index contributed by atoms with van der Waals surface area (Å²) in [6.07, 6.45) is 2.25. The minimum Gasteiger partial charge on any atom is -0.461 e. The van der Waals surface area contributed by atoms with Gasteiger partial charge in [-0.05, 0) is 24.5 Å². The van der Waals surface area contributed by atoms with Crippen LogP contribution in [0.15, 0.2) is 27.3 Å². The van der Waals surface area contributed by atoms with Gasteiger partial charge in [0.2, 0.25) is 17.6 Å². The number of aliphatic hydroxyl groups is 1. The van der Waals surface area contributed by atoms with Crippen LogP contribution in [0.4, 0.5) is 0 Å². The number of aryl methyl sites for hydroxylation is 1. The maximum absolute atomic E-state index is 11.7. The van der Waals surface area contributed by atoms with E-state index in [9.17, 15) is 9.90 Å². The van der Waals surface area contributed by atoms with Crippen molar-refractivity contribution in [3.05, 3.63) is 24.3 Å². The Morgan fingerprint density at radius 1 is 1.45 bits per heavy atom. The van der Waals surface area contributed by atoms with Crippen molar-refractivity contribution in [3.8, 4) is 11.6 Å². The zero-order chi connectivity index (χ0) is 15.9. The molecule has 7 nitrogen and oxygen atoms in total. The van der Waals surface area contributed by atoms with Crippen LogP contribution in [0.2, 0.25) is 0 Å². The first-order valence-corrected chi connectivity index (χ1v) is 7.36. The van der Waals surface area contributed by atoms with Crippen molar-refractivity contribution in [2.75, 3.05) is 6.54 Å². The molecule has 7 heteroatoms. The first kappa shape index (κ1) is 16.2. The zero-order valence-corrected chi connectivity index (χ0v) is 12.8. The molecule has 2 aromatic rings. The van der Waals surface area contributed by atoms with Crippen LogP contribution >= 0.6 is 0 Å². The lowest BCUT2D eigenvalue weighted by molar-refractivity contribution is -0.121. The second-order valence-corrected chi connectivity index (χ2v) is 5.58. The van der Waals surface area contributed by atoms with E-state index in [1.807, 2.05) is 13.8 Å². The maximum Gasteiger partial charge on any atom is 0.238 e. The van der Waals surface area contributed by atoms with E-state index in [4.69, 9.17) is 8.94 Å². The molecule has 0 aliphatic heterocycles. The summed E-state index contributed by atoms with van der Waals surface area (Å²) in [7, 11) is 0. The summed E-state index contributed by atoms with van der Waals surface area (Å²) in [5.41, 5.74) is 0. The second kappa shape index (κ2) is 7.74. The molecule has 0 bridgehead atoms. The Bertz CT molecular complexity index is 577. The van der Waals surface area contributed by atoms with E-state index in [0.29, 0.717) is 36.2 Å². The van der Waals surface area contributed by atoms with Gasteiger partial charge in [0, 0.05) is 19.4 Å². The number of rotatable bonds is 8. The third kappa shape index (κ3) is 5.00. The predicted octanol–water partition coefficient (Wildman–Crippen LogP) is 1.79. The summed E-state index contributed by atoms with van der Waals surface area (Å²) in [5.74, 6) is 1.51. The number of furan rings is 1. The Hall–Kier alpha value is -2.15. The molecule has 2 N–H and O–H groups in total. The molecule has 2 heterocycles. The average Bonchev–Trinajstić information content (AvgIpc) is 3.12. The molecular weight excluding hydrogens is 286 g/mol. The van der Waals surface area contributed by atoms with Crippen LogP contribution in [0.1, 0.15) is 32.6 Å². The van der Waals surface area contributed by atoms with E-state index in [0.717, 1.165) is 0 Å². The Morgan fingerprint density at radius 3 is 2.95 bits per heavy atom. The summed E-state index contributed by atoms with van der Waals surface area (Å²) in [6, 6.07) is 3.47. The molecule has 0 aliphatic rings. The van der Waals surface area contributed by atoms with Gasteiger partial charge < -0.3 is 19.4 Å². The summed E-state index contributed by atoms with van der Waals surface area (Å²) >= 11 is 0. The highest BCUT2D eigenvalue weighted by atomic mass is 16.5. The van der Waals surface area contributed by atoms with Gasteiger partial charge in [-0.3, -0.25) is 4.79 Å². The van der Waals surface area contributed by atoms with E-state index in [-0.39, 0.29) is 18.9 Å². The highest BCUT2D eigenvalue weighted by Gasteiger charge is 2.13. The fourth-order valence-corrected chi connectivity index (χ4v) is 2.03. The number of carbonyl (C=O) groups excluding carboxylic acids is 1. The van der Waals surface area contributed by atoms with Crippen LogP contribution in [-0.4, -0.2) is 33.8 Å². The molecule has 0 aromatic carbocycles. The van der Waals surface area contributed by atoms with Gasteiger partial charge in [-0.1, -0.05) is 19.0 Å². The third-order valence-electron chi connectivity index (χ3n) is 3.05. The van der Waals surface area contributed by atoms with Crippen molar-refractivity contribution in [2.45, 2.75) is 39.2 Å². The van der Waals surface area contributed by atoms with E-state index < -0.39 is 6.10 Å². The molecule has 0 aliphatic carbocycles. The highest BCUT2D eigenvalue weighted by molar-refractivity contribution is 5.76. The fraction of sp³-hybridized carbons (Fsp3) is 0.533. The molecule has 120 valence electrons. The van der Waals surface area contributed by atoms with Crippen LogP contribution < -0.4 is 5.32 Å². The minimum atomic E-state index is -0.516. The topological polar surface area (TPSA) is 101 Å². The molecule has 1 amide bonds. The largest absolute Gasteiger partial charge is 0.461 e. The normalized spacial score (nSPS) is 12.5. The molecule has 22 heavy (non-hydrogen) atoms. The van der Waals surface area contributed by atoms with Crippen LogP contribution in [0.3, 0.4) is 0 Å². The number of nitrogens with zero attached hydrogens (tertiary/aromatic N) is 2. The summed E-state index contributed by atoms with van der Waals surface area (Å²) in [5, 5.41) is 16.2. The van der Waals surface area contributed by atoms with Crippen LogP contribution in [-0.2, 0) is 11.2 Å². The third-order valence-corrected chi connectivity index (χ3v) is 3.05. The standard InChI is InChI=1S/C15H21N3O4/c1-10(2)8-11(19)9-16-13(20)5-6-14-17-15(18-22-14)12-4-3-7-21-12/h3-4,7,10-11,19H,5-6,8-9H2,1-2H3,(H,16,20). The van der Waals surface area contributed by atoms with Crippen LogP contribution in [0, 0.1) is 5.92 Å². The van der Waals surface area contributed by atoms with Gasteiger partial charge in [-0.15, -0.1) is 0 Å². The van der Waals surface area contributed by atoms with Crippen molar-refractivity contribution >= 4 is 5.91 Å². The lowest BCUT2D eigenvalue weighted by Gasteiger charge is -2.13. The lowest BCUT2D eigenvalue weighted by atomic mass is 10.1. The average molecular weight is 307 g/mol. The van der Waals surface area contributed by atoms with Gasteiger partial charge >= 0.3 is 0 Å². The fourth-order valence-electron chi connectivity index (χ4n) is 2.03. The van der Waals surface area contributed by atoms with Crippen LogP contribution in [0.5, 0.6) is 0 Å².